The molecule has 1 amide bonds. The van der Waals surface area contributed by atoms with Crippen molar-refractivity contribution in [1.29, 1.82) is 0 Å². The first kappa shape index (κ1) is 17.8. The molecule has 3 rings (SSSR count). The number of anilines is 1. The Morgan fingerprint density at radius 2 is 1.76 bits per heavy atom. The van der Waals surface area contributed by atoms with Gasteiger partial charge in [-0.3, -0.25) is 9.59 Å². The second kappa shape index (κ2) is 6.07. The Balaban J connectivity index is 2.05. The Bertz CT molecular complexity index is 883. The number of likely N-dealkylation sites (N-methyl/N-ethyl adjacent to an activating group) is 1. The predicted molar refractivity (Wildman–Crippen MR) is 101 cm³/mol. The predicted octanol–water partition coefficient (Wildman–Crippen LogP) is 3.81. The number of hydrogen-bond acceptors (Lipinski definition) is 3. The van der Waals surface area contributed by atoms with E-state index in [-0.39, 0.29) is 12.2 Å². The third-order valence-electron chi connectivity index (χ3n) is 4.80. The van der Waals surface area contributed by atoms with Crippen LogP contribution < -0.4 is 4.90 Å². The molecule has 0 aliphatic carbocycles. The van der Waals surface area contributed by atoms with Gasteiger partial charge in [0.15, 0.2) is 11.4 Å². The summed E-state index contributed by atoms with van der Waals surface area (Å²) >= 11 is 3.37. The van der Waals surface area contributed by atoms with Gasteiger partial charge in [-0.15, -0.1) is 0 Å². The van der Waals surface area contributed by atoms with Gasteiger partial charge in [-0.2, -0.15) is 0 Å². The zero-order valence-electron chi connectivity index (χ0n) is 14.7. The number of carbonyl (C=O) groups is 2. The Kier molecular flexibility index (Phi) is 4.33. The van der Waals surface area contributed by atoms with Crippen molar-refractivity contribution in [3.8, 4) is 0 Å². The van der Waals surface area contributed by atoms with Crippen LogP contribution in [0.2, 0.25) is 0 Å². The second-order valence-corrected chi connectivity index (χ2v) is 7.68. The molecular formula is C20H20BrNO3. The zero-order valence-corrected chi connectivity index (χ0v) is 16.3. The lowest BCUT2D eigenvalue weighted by Crippen LogP contribution is -2.40. The van der Waals surface area contributed by atoms with Gasteiger partial charge in [0.2, 0.25) is 0 Å². The van der Waals surface area contributed by atoms with Crippen molar-refractivity contribution in [1.82, 2.24) is 0 Å². The molecule has 0 saturated carbocycles. The van der Waals surface area contributed by atoms with E-state index in [1.807, 2.05) is 39.0 Å². The highest BCUT2D eigenvalue weighted by molar-refractivity contribution is 9.10. The fraction of sp³-hybridized carbons (Fsp3) is 0.300. The van der Waals surface area contributed by atoms with Gasteiger partial charge >= 0.3 is 0 Å². The highest BCUT2D eigenvalue weighted by atomic mass is 79.9. The maximum atomic E-state index is 13.0. The van der Waals surface area contributed by atoms with Gasteiger partial charge in [-0.05, 0) is 50.1 Å². The van der Waals surface area contributed by atoms with Crippen LogP contribution in [0.25, 0.3) is 0 Å². The molecule has 2 aromatic carbocycles. The van der Waals surface area contributed by atoms with Gasteiger partial charge in [-0.1, -0.05) is 33.6 Å². The summed E-state index contributed by atoms with van der Waals surface area (Å²) in [5.41, 5.74) is 2.63. The van der Waals surface area contributed by atoms with Gasteiger partial charge in [0.1, 0.15) is 0 Å². The highest BCUT2D eigenvalue weighted by Gasteiger charge is 2.50. The van der Waals surface area contributed by atoms with Crippen LogP contribution in [0.15, 0.2) is 34.8 Å². The van der Waals surface area contributed by atoms with E-state index in [2.05, 4.69) is 15.9 Å². The molecule has 5 heteroatoms. The molecule has 0 bridgehead atoms. The Morgan fingerprint density at radius 3 is 2.36 bits per heavy atom. The molecule has 0 saturated heterocycles. The molecule has 130 valence electrons. The summed E-state index contributed by atoms with van der Waals surface area (Å²) in [5, 5.41) is 11.1. The van der Waals surface area contributed by atoms with Gasteiger partial charge in [0, 0.05) is 22.6 Å². The standard InChI is InChI=1S/C20H20BrNO3/c1-11-7-12(2)18(13(3)8-11)17(23)10-20(25)15-9-14(21)5-6-16(15)22(4)19(20)24/h5-9,25H,10H2,1-4H3/t20-/m1/s1. The van der Waals surface area contributed by atoms with E-state index in [9.17, 15) is 14.7 Å². The summed E-state index contributed by atoms with van der Waals surface area (Å²) < 4.78 is 0.753. The van der Waals surface area contributed by atoms with Crippen molar-refractivity contribution in [3.63, 3.8) is 0 Å². The van der Waals surface area contributed by atoms with E-state index in [4.69, 9.17) is 0 Å². The molecule has 1 aliphatic rings. The number of hydrogen-bond donors (Lipinski definition) is 1. The molecule has 2 aromatic rings. The minimum Gasteiger partial charge on any atom is -0.375 e. The molecule has 25 heavy (non-hydrogen) atoms. The number of aryl methyl sites for hydroxylation is 3. The van der Waals surface area contributed by atoms with Crippen molar-refractivity contribution in [3.05, 3.63) is 62.6 Å². The average Bonchev–Trinajstić information content (AvgIpc) is 2.68. The smallest absolute Gasteiger partial charge is 0.263 e. The fourth-order valence-corrected chi connectivity index (χ4v) is 4.11. The highest BCUT2D eigenvalue weighted by Crippen LogP contribution is 2.43. The minimum atomic E-state index is -1.84. The minimum absolute atomic E-state index is 0.230. The quantitative estimate of drug-likeness (QED) is 0.795. The number of benzene rings is 2. The Morgan fingerprint density at radius 1 is 1.16 bits per heavy atom. The number of halogens is 1. The summed E-state index contributed by atoms with van der Waals surface area (Å²) in [5.74, 6) is -0.705. The Labute approximate surface area is 155 Å². The van der Waals surface area contributed by atoms with E-state index in [0.717, 1.165) is 21.2 Å². The number of nitrogens with zero attached hydrogens (tertiary/aromatic N) is 1. The van der Waals surface area contributed by atoms with E-state index in [0.29, 0.717) is 16.8 Å². The van der Waals surface area contributed by atoms with Crippen molar-refractivity contribution < 1.29 is 14.7 Å². The molecule has 0 aromatic heterocycles. The molecule has 0 fully saturated rings. The number of ketones is 1. The van der Waals surface area contributed by atoms with Crippen molar-refractivity contribution in [2.24, 2.45) is 0 Å². The lowest BCUT2D eigenvalue weighted by Gasteiger charge is -2.22. The van der Waals surface area contributed by atoms with Gasteiger partial charge < -0.3 is 10.0 Å². The number of Topliss-reactive ketones (excluding diaryl/α,β-unsaturated/α-hetero) is 1. The van der Waals surface area contributed by atoms with Crippen molar-refractivity contribution >= 4 is 33.3 Å². The fourth-order valence-electron chi connectivity index (χ4n) is 3.75. The monoisotopic (exact) mass is 401 g/mol. The molecule has 1 aliphatic heterocycles. The van der Waals surface area contributed by atoms with E-state index < -0.39 is 11.5 Å². The maximum absolute atomic E-state index is 13.0. The van der Waals surface area contributed by atoms with E-state index in [1.54, 1.807) is 19.2 Å². The third-order valence-corrected chi connectivity index (χ3v) is 5.29. The maximum Gasteiger partial charge on any atom is 0.263 e. The number of fused-ring (bicyclic) bond motifs is 1. The lowest BCUT2D eigenvalue weighted by atomic mass is 9.85. The molecule has 1 heterocycles. The van der Waals surface area contributed by atoms with Crippen LogP contribution in [0.5, 0.6) is 0 Å². The summed E-state index contributed by atoms with van der Waals surface area (Å²) in [4.78, 5) is 27.1. The molecular weight excluding hydrogens is 382 g/mol. The first-order chi connectivity index (χ1) is 11.6. The van der Waals surface area contributed by atoms with Gasteiger partial charge in [0.25, 0.3) is 5.91 Å². The SMILES string of the molecule is Cc1cc(C)c(C(=O)C[C@]2(O)C(=O)N(C)c3ccc(Br)cc32)c(C)c1. The number of rotatable bonds is 3. The van der Waals surface area contributed by atoms with Gasteiger partial charge in [0.05, 0.1) is 12.1 Å². The average molecular weight is 402 g/mol. The van der Waals surface area contributed by atoms with Crippen LogP contribution in [-0.4, -0.2) is 23.8 Å². The van der Waals surface area contributed by atoms with Crippen LogP contribution in [-0.2, 0) is 10.4 Å². The van der Waals surface area contributed by atoms with Crippen molar-refractivity contribution in [2.75, 3.05) is 11.9 Å². The van der Waals surface area contributed by atoms with E-state index in [1.165, 1.54) is 4.90 Å². The van der Waals surface area contributed by atoms with E-state index >= 15 is 0 Å². The topological polar surface area (TPSA) is 57.6 Å². The van der Waals surface area contributed by atoms with Crippen LogP contribution in [0, 0.1) is 20.8 Å². The third kappa shape index (κ3) is 2.81. The van der Waals surface area contributed by atoms with Crippen LogP contribution in [0.1, 0.15) is 39.0 Å². The molecule has 4 nitrogen and oxygen atoms in total. The van der Waals surface area contributed by atoms with Crippen LogP contribution in [0.4, 0.5) is 5.69 Å². The lowest BCUT2D eigenvalue weighted by molar-refractivity contribution is -0.135. The molecule has 0 spiro atoms. The second-order valence-electron chi connectivity index (χ2n) is 6.76. The molecule has 0 unspecified atom stereocenters. The summed E-state index contributed by atoms with van der Waals surface area (Å²) in [6.45, 7) is 5.74. The molecule has 1 atom stereocenters. The summed E-state index contributed by atoms with van der Waals surface area (Å²) in [7, 11) is 1.61. The summed E-state index contributed by atoms with van der Waals surface area (Å²) in [6, 6.07) is 9.17. The molecule has 0 radical (unpaired) electrons. The van der Waals surface area contributed by atoms with Gasteiger partial charge in [-0.25, -0.2) is 0 Å². The largest absolute Gasteiger partial charge is 0.375 e. The Hall–Kier alpha value is -1.98. The van der Waals surface area contributed by atoms with Crippen LogP contribution in [0.3, 0.4) is 0 Å². The number of aliphatic hydroxyl groups is 1. The van der Waals surface area contributed by atoms with Crippen molar-refractivity contribution in [2.45, 2.75) is 32.8 Å². The normalized spacial score (nSPS) is 19.3. The first-order valence-corrected chi connectivity index (χ1v) is 8.86. The zero-order chi connectivity index (χ0) is 18.5. The summed E-state index contributed by atoms with van der Waals surface area (Å²) in [6.07, 6.45) is -0.273. The molecule has 1 N–H and O–H groups in total. The van der Waals surface area contributed by atoms with Crippen LogP contribution >= 0.6 is 15.9 Å². The number of amides is 1. The number of carbonyl (C=O) groups excluding carboxylic acids is 2. The first-order valence-electron chi connectivity index (χ1n) is 8.07.